The van der Waals surface area contributed by atoms with Gasteiger partial charge in [-0.15, -0.1) is 0 Å². The molecule has 4 rings (SSSR count). The minimum atomic E-state index is -0.625. The Morgan fingerprint density at radius 2 is 1.83 bits per heavy atom. The lowest BCUT2D eigenvalue weighted by molar-refractivity contribution is -0.161. The Labute approximate surface area is 181 Å². The number of esters is 1. The van der Waals surface area contributed by atoms with Gasteiger partial charge in [0.05, 0.1) is 12.0 Å². The lowest BCUT2D eigenvalue weighted by Gasteiger charge is -2.40. The van der Waals surface area contributed by atoms with Gasteiger partial charge in [0.2, 0.25) is 0 Å². The minimum absolute atomic E-state index is 0.00449. The molecule has 0 aliphatic carbocycles. The van der Waals surface area contributed by atoms with E-state index in [2.05, 4.69) is 0 Å². The molecule has 0 radical (unpaired) electrons. The molecule has 158 valence electrons. The monoisotopic (exact) mass is 427 g/mol. The molecular formula is C24H26ClNO4. The molecule has 1 saturated heterocycles. The third kappa shape index (κ3) is 4.17. The fourth-order valence-electron chi connectivity index (χ4n) is 4.41. The average molecular weight is 428 g/mol. The first-order chi connectivity index (χ1) is 14.5. The van der Waals surface area contributed by atoms with Gasteiger partial charge >= 0.3 is 5.97 Å². The number of benzene rings is 2. The van der Waals surface area contributed by atoms with Crippen LogP contribution in [0.15, 0.2) is 48.5 Å². The summed E-state index contributed by atoms with van der Waals surface area (Å²) in [5.41, 5.74) is 1.48. The van der Waals surface area contributed by atoms with E-state index in [0.29, 0.717) is 50.4 Å². The highest BCUT2D eigenvalue weighted by molar-refractivity contribution is 6.30. The maximum absolute atomic E-state index is 13.0. The third-order valence-corrected chi connectivity index (χ3v) is 6.37. The summed E-state index contributed by atoms with van der Waals surface area (Å²) in [4.78, 5) is 27.8. The lowest BCUT2D eigenvalue weighted by Crippen LogP contribution is -2.51. The standard InChI is InChI=1S/C24H26ClNO4/c1-2-29-23(28)24(16-17-7-9-19(25)10-8-17)11-13-26(14-12-24)22(27)21-15-18-5-3-4-6-20(18)30-21/h3-10,21H,2,11-16H2,1H3/t21-/m1/s1. The number of hydrogen-bond donors (Lipinski definition) is 0. The molecule has 2 aliphatic heterocycles. The van der Waals surface area contributed by atoms with Crippen LogP contribution >= 0.6 is 11.6 Å². The summed E-state index contributed by atoms with van der Waals surface area (Å²) in [6, 6.07) is 15.3. The molecule has 0 N–H and O–H groups in total. The van der Waals surface area contributed by atoms with E-state index in [1.165, 1.54) is 0 Å². The minimum Gasteiger partial charge on any atom is -0.480 e. The molecule has 5 nitrogen and oxygen atoms in total. The Balaban J connectivity index is 1.44. The number of amides is 1. The van der Waals surface area contributed by atoms with Gasteiger partial charge in [-0.25, -0.2) is 0 Å². The Morgan fingerprint density at radius 3 is 2.50 bits per heavy atom. The number of para-hydroxylation sites is 1. The van der Waals surface area contributed by atoms with E-state index >= 15 is 0 Å². The van der Waals surface area contributed by atoms with Gasteiger partial charge in [0.25, 0.3) is 5.91 Å². The zero-order valence-corrected chi connectivity index (χ0v) is 17.9. The maximum atomic E-state index is 13.0. The molecule has 2 aromatic carbocycles. The molecule has 0 unspecified atom stereocenters. The number of fused-ring (bicyclic) bond motifs is 1. The lowest BCUT2D eigenvalue weighted by atomic mass is 9.73. The third-order valence-electron chi connectivity index (χ3n) is 6.12. The van der Waals surface area contributed by atoms with E-state index in [1.807, 2.05) is 60.4 Å². The number of hydrogen-bond acceptors (Lipinski definition) is 4. The van der Waals surface area contributed by atoms with E-state index in [1.54, 1.807) is 0 Å². The maximum Gasteiger partial charge on any atom is 0.312 e. The van der Waals surface area contributed by atoms with Crippen molar-refractivity contribution >= 4 is 23.5 Å². The van der Waals surface area contributed by atoms with Gasteiger partial charge in [-0.3, -0.25) is 9.59 Å². The van der Waals surface area contributed by atoms with E-state index < -0.39 is 11.5 Å². The summed E-state index contributed by atoms with van der Waals surface area (Å²) in [6.07, 6.45) is 1.84. The first-order valence-corrected chi connectivity index (χ1v) is 10.8. The van der Waals surface area contributed by atoms with E-state index in [9.17, 15) is 9.59 Å². The molecular weight excluding hydrogens is 402 g/mol. The number of rotatable bonds is 5. The Bertz CT molecular complexity index is 894. The largest absolute Gasteiger partial charge is 0.480 e. The predicted molar refractivity (Wildman–Crippen MR) is 115 cm³/mol. The number of halogens is 1. The van der Waals surface area contributed by atoms with Crippen molar-refractivity contribution in [1.29, 1.82) is 0 Å². The summed E-state index contributed by atoms with van der Waals surface area (Å²) < 4.78 is 11.3. The summed E-state index contributed by atoms with van der Waals surface area (Å²) in [7, 11) is 0. The zero-order chi connectivity index (χ0) is 21.1. The van der Waals surface area contributed by atoms with Crippen LogP contribution in [0.4, 0.5) is 0 Å². The fourth-order valence-corrected chi connectivity index (χ4v) is 4.53. The molecule has 1 amide bonds. The Morgan fingerprint density at radius 1 is 1.13 bits per heavy atom. The molecule has 2 heterocycles. The molecule has 1 atom stereocenters. The number of ether oxygens (including phenoxy) is 2. The van der Waals surface area contributed by atoms with Crippen LogP contribution in [0.5, 0.6) is 5.75 Å². The molecule has 6 heteroatoms. The van der Waals surface area contributed by atoms with Crippen molar-refractivity contribution in [3.8, 4) is 5.75 Å². The van der Waals surface area contributed by atoms with Crippen molar-refractivity contribution in [2.45, 2.75) is 38.7 Å². The quantitative estimate of drug-likeness (QED) is 0.675. The molecule has 0 bridgehead atoms. The predicted octanol–water partition coefficient (Wildman–Crippen LogP) is 4.06. The highest BCUT2D eigenvalue weighted by Gasteiger charge is 2.45. The van der Waals surface area contributed by atoms with Crippen molar-refractivity contribution in [3.63, 3.8) is 0 Å². The summed E-state index contributed by atoms with van der Waals surface area (Å²) in [6.45, 7) is 3.20. The first-order valence-electron chi connectivity index (χ1n) is 10.5. The molecule has 30 heavy (non-hydrogen) atoms. The molecule has 0 aromatic heterocycles. The second-order valence-corrected chi connectivity index (χ2v) is 8.48. The van der Waals surface area contributed by atoms with Crippen LogP contribution in [0.25, 0.3) is 0 Å². The van der Waals surface area contributed by atoms with E-state index in [-0.39, 0.29) is 11.9 Å². The van der Waals surface area contributed by atoms with Crippen LogP contribution in [0.2, 0.25) is 5.02 Å². The second kappa shape index (κ2) is 8.68. The van der Waals surface area contributed by atoms with Crippen LogP contribution in [-0.4, -0.2) is 42.6 Å². The van der Waals surface area contributed by atoms with Crippen LogP contribution in [-0.2, 0) is 27.2 Å². The van der Waals surface area contributed by atoms with Crippen LogP contribution in [0.3, 0.4) is 0 Å². The number of carbonyl (C=O) groups is 2. The Kier molecular flexibility index (Phi) is 6.00. The number of nitrogens with zero attached hydrogens (tertiary/aromatic N) is 1. The summed E-state index contributed by atoms with van der Waals surface area (Å²) in [5, 5.41) is 0.668. The van der Waals surface area contributed by atoms with Crippen molar-refractivity contribution in [2.24, 2.45) is 5.41 Å². The molecule has 2 aromatic rings. The number of likely N-dealkylation sites (tertiary alicyclic amines) is 1. The van der Waals surface area contributed by atoms with Gasteiger partial charge in [-0.1, -0.05) is 41.9 Å². The van der Waals surface area contributed by atoms with Gasteiger partial charge in [-0.2, -0.15) is 0 Å². The summed E-state index contributed by atoms with van der Waals surface area (Å²) >= 11 is 6.00. The number of piperidine rings is 1. The smallest absolute Gasteiger partial charge is 0.312 e. The highest BCUT2D eigenvalue weighted by atomic mass is 35.5. The first kappa shape index (κ1) is 20.7. The Hall–Kier alpha value is -2.53. The topological polar surface area (TPSA) is 55.8 Å². The molecule has 2 aliphatic rings. The normalized spacial score (nSPS) is 19.7. The SMILES string of the molecule is CCOC(=O)C1(Cc2ccc(Cl)cc2)CCN(C(=O)[C@H]2Cc3ccccc3O2)CC1. The molecule has 1 fully saturated rings. The van der Waals surface area contributed by atoms with Crippen LogP contribution in [0, 0.1) is 5.41 Å². The van der Waals surface area contributed by atoms with Gasteiger partial charge in [-0.05, 0) is 55.5 Å². The molecule has 0 spiro atoms. The highest BCUT2D eigenvalue weighted by Crippen LogP contribution is 2.38. The van der Waals surface area contributed by atoms with Crippen molar-refractivity contribution < 1.29 is 19.1 Å². The van der Waals surface area contributed by atoms with E-state index in [4.69, 9.17) is 21.1 Å². The summed E-state index contributed by atoms with van der Waals surface area (Å²) in [5.74, 6) is 0.600. The van der Waals surface area contributed by atoms with Crippen molar-refractivity contribution in [1.82, 2.24) is 4.90 Å². The van der Waals surface area contributed by atoms with Gasteiger partial charge < -0.3 is 14.4 Å². The van der Waals surface area contributed by atoms with Crippen molar-refractivity contribution in [2.75, 3.05) is 19.7 Å². The van der Waals surface area contributed by atoms with Gasteiger partial charge in [0, 0.05) is 24.5 Å². The zero-order valence-electron chi connectivity index (χ0n) is 17.1. The van der Waals surface area contributed by atoms with E-state index in [0.717, 1.165) is 16.9 Å². The van der Waals surface area contributed by atoms with Crippen LogP contribution < -0.4 is 4.74 Å². The molecule has 0 saturated carbocycles. The second-order valence-electron chi connectivity index (χ2n) is 8.05. The average Bonchev–Trinajstić information content (AvgIpc) is 3.20. The van der Waals surface area contributed by atoms with Gasteiger partial charge in [0.1, 0.15) is 5.75 Å². The fraction of sp³-hybridized carbons (Fsp3) is 0.417. The van der Waals surface area contributed by atoms with Crippen LogP contribution in [0.1, 0.15) is 30.9 Å². The van der Waals surface area contributed by atoms with Gasteiger partial charge in [0.15, 0.2) is 6.10 Å². The van der Waals surface area contributed by atoms with Crippen molar-refractivity contribution in [3.05, 3.63) is 64.7 Å². The number of carbonyl (C=O) groups excluding carboxylic acids is 2.